The zero-order valence-corrected chi connectivity index (χ0v) is 12.8. The smallest absolute Gasteiger partial charge is 0.0912 e. The van der Waals surface area contributed by atoms with Gasteiger partial charge in [-0.3, -0.25) is 4.98 Å². The average Bonchev–Trinajstić information content (AvgIpc) is 2.70. The summed E-state index contributed by atoms with van der Waals surface area (Å²) < 4.78 is 0. The second kappa shape index (κ2) is 6.01. The van der Waals surface area contributed by atoms with Crippen molar-refractivity contribution in [2.24, 2.45) is 0 Å². The van der Waals surface area contributed by atoms with Crippen molar-refractivity contribution in [3.63, 3.8) is 0 Å². The van der Waals surface area contributed by atoms with Crippen LogP contribution in [-0.2, 0) is 12.8 Å². The van der Waals surface area contributed by atoms with Gasteiger partial charge in [0.1, 0.15) is 0 Å². The van der Waals surface area contributed by atoms with E-state index in [1.165, 1.54) is 41.6 Å². The third kappa shape index (κ3) is 2.49. The van der Waals surface area contributed by atoms with E-state index < -0.39 is 0 Å². The Labute approximate surface area is 125 Å². The summed E-state index contributed by atoms with van der Waals surface area (Å²) in [5.41, 5.74) is 4.90. The molecule has 0 unspecified atom stereocenters. The summed E-state index contributed by atoms with van der Waals surface area (Å²) in [6, 6.07) is 6.09. The van der Waals surface area contributed by atoms with E-state index in [4.69, 9.17) is 16.6 Å². The molecule has 3 rings (SSSR count). The lowest BCUT2D eigenvalue weighted by molar-refractivity contribution is 0.709. The maximum atomic E-state index is 6.36. The summed E-state index contributed by atoms with van der Waals surface area (Å²) in [4.78, 5) is 4.87. The van der Waals surface area contributed by atoms with Gasteiger partial charge < -0.3 is 5.32 Å². The van der Waals surface area contributed by atoms with Crippen LogP contribution in [0.25, 0.3) is 10.9 Å². The molecule has 1 heterocycles. The highest BCUT2D eigenvalue weighted by molar-refractivity contribution is 6.35. The van der Waals surface area contributed by atoms with Crippen LogP contribution in [0.1, 0.15) is 43.9 Å². The Kier molecular flexibility index (Phi) is 4.11. The number of pyridine rings is 1. The molecule has 1 aromatic carbocycles. The van der Waals surface area contributed by atoms with Crippen LogP contribution in [0.5, 0.6) is 0 Å². The Hall–Kier alpha value is -1.28. The van der Waals surface area contributed by atoms with E-state index in [0.717, 1.165) is 36.3 Å². The molecular weight excluding hydrogens is 268 g/mol. The molecule has 1 aromatic heterocycles. The molecule has 0 bridgehead atoms. The summed E-state index contributed by atoms with van der Waals surface area (Å²) in [5.74, 6) is 0. The van der Waals surface area contributed by atoms with E-state index in [1.807, 2.05) is 12.1 Å². The maximum Gasteiger partial charge on any atom is 0.0912 e. The monoisotopic (exact) mass is 288 g/mol. The van der Waals surface area contributed by atoms with E-state index in [-0.39, 0.29) is 0 Å². The predicted molar refractivity (Wildman–Crippen MR) is 86.8 cm³/mol. The van der Waals surface area contributed by atoms with Gasteiger partial charge >= 0.3 is 0 Å². The zero-order chi connectivity index (χ0) is 13.9. The summed E-state index contributed by atoms with van der Waals surface area (Å²) in [5, 5.41) is 5.55. The fourth-order valence-electron chi connectivity index (χ4n) is 3.04. The quantitative estimate of drug-likeness (QED) is 0.806. The lowest BCUT2D eigenvalue weighted by Crippen LogP contribution is -2.08. The van der Waals surface area contributed by atoms with Crippen LogP contribution in [0, 0.1) is 0 Å². The molecule has 1 aliphatic rings. The summed E-state index contributed by atoms with van der Waals surface area (Å²) >= 11 is 6.36. The SMILES string of the molecule is CCCNc1c2c(nc3c(Cl)cccc13)CCCCC2. The van der Waals surface area contributed by atoms with Crippen molar-refractivity contribution in [1.82, 2.24) is 4.98 Å². The molecule has 0 fully saturated rings. The van der Waals surface area contributed by atoms with Gasteiger partial charge in [-0.2, -0.15) is 0 Å². The van der Waals surface area contributed by atoms with Crippen molar-refractivity contribution in [2.75, 3.05) is 11.9 Å². The fraction of sp³-hybridized carbons (Fsp3) is 0.471. The third-order valence-corrected chi connectivity index (χ3v) is 4.35. The molecule has 20 heavy (non-hydrogen) atoms. The number of benzene rings is 1. The predicted octanol–water partition coefficient (Wildman–Crippen LogP) is 4.98. The summed E-state index contributed by atoms with van der Waals surface area (Å²) in [6.07, 6.45) is 7.14. The zero-order valence-electron chi connectivity index (χ0n) is 12.0. The van der Waals surface area contributed by atoms with E-state index in [9.17, 15) is 0 Å². The van der Waals surface area contributed by atoms with Crippen LogP contribution in [0.2, 0.25) is 5.02 Å². The number of anilines is 1. The van der Waals surface area contributed by atoms with Crippen molar-refractivity contribution >= 4 is 28.2 Å². The number of rotatable bonds is 3. The topological polar surface area (TPSA) is 24.9 Å². The first-order valence-corrected chi connectivity index (χ1v) is 8.03. The molecule has 2 nitrogen and oxygen atoms in total. The minimum absolute atomic E-state index is 0.758. The standard InChI is InChI=1S/C17H21ClN2/c1-2-11-19-16-12-7-4-3-5-10-15(12)20-17-13(16)8-6-9-14(17)18/h6,8-9H,2-5,7,10-11H2,1H3,(H,19,20). The largest absolute Gasteiger partial charge is 0.384 e. The highest BCUT2D eigenvalue weighted by atomic mass is 35.5. The summed E-state index contributed by atoms with van der Waals surface area (Å²) in [7, 11) is 0. The van der Waals surface area contributed by atoms with Crippen molar-refractivity contribution in [2.45, 2.75) is 45.4 Å². The molecule has 1 N–H and O–H groups in total. The molecule has 0 amide bonds. The van der Waals surface area contributed by atoms with Crippen molar-refractivity contribution in [3.8, 4) is 0 Å². The maximum absolute atomic E-state index is 6.36. The van der Waals surface area contributed by atoms with Gasteiger partial charge in [0.15, 0.2) is 0 Å². The Morgan fingerprint density at radius 2 is 2.05 bits per heavy atom. The number of aromatic nitrogens is 1. The highest BCUT2D eigenvalue weighted by Crippen LogP contribution is 2.35. The molecule has 2 aromatic rings. The van der Waals surface area contributed by atoms with Crippen LogP contribution in [-0.4, -0.2) is 11.5 Å². The van der Waals surface area contributed by atoms with Gasteiger partial charge in [0, 0.05) is 23.3 Å². The molecule has 0 atom stereocenters. The highest BCUT2D eigenvalue weighted by Gasteiger charge is 2.17. The number of fused-ring (bicyclic) bond motifs is 2. The molecule has 0 saturated carbocycles. The number of nitrogens with one attached hydrogen (secondary N) is 1. The van der Waals surface area contributed by atoms with Crippen LogP contribution >= 0.6 is 11.6 Å². The fourth-order valence-corrected chi connectivity index (χ4v) is 3.26. The average molecular weight is 289 g/mol. The second-order valence-electron chi connectivity index (χ2n) is 5.54. The number of aryl methyl sites for hydroxylation is 1. The minimum Gasteiger partial charge on any atom is -0.384 e. The first-order chi connectivity index (χ1) is 9.81. The number of nitrogens with zero attached hydrogens (tertiary/aromatic N) is 1. The van der Waals surface area contributed by atoms with Crippen molar-refractivity contribution in [3.05, 3.63) is 34.5 Å². The van der Waals surface area contributed by atoms with E-state index in [0.29, 0.717) is 0 Å². The molecule has 0 radical (unpaired) electrons. The molecule has 1 aliphatic carbocycles. The lowest BCUT2D eigenvalue weighted by atomic mass is 10.0. The number of halogens is 1. The summed E-state index contributed by atoms with van der Waals surface area (Å²) in [6.45, 7) is 3.19. The Morgan fingerprint density at radius 1 is 1.20 bits per heavy atom. The van der Waals surface area contributed by atoms with E-state index >= 15 is 0 Å². The van der Waals surface area contributed by atoms with Crippen LogP contribution in [0.15, 0.2) is 18.2 Å². The van der Waals surface area contributed by atoms with E-state index in [2.05, 4.69) is 18.3 Å². The normalized spacial score (nSPS) is 14.9. The number of hydrogen-bond donors (Lipinski definition) is 1. The Balaban J connectivity index is 2.23. The van der Waals surface area contributed by atoms with Crippen LogP contribution in [0.4, 0.5) is 5.69 Å². The van der Waals surface area contributed by atoms with Gasteiger partial charge in [0.25, 0.3) is 0 Å². The first-order valence-electron chi connectivity index (χ1n) is 7.65. The second-order valence-corrected chi connectivity index (χ2v) is 5.94. The number of para-hydroxylation sites is 1. The number of hydrogen-bond acceptors (Lipinski definition) is 2. The van der Waals surface area contributed by atoms with Gasteiger partial charge in [0.05, 0.1) is 10.5 Å². The molecule has 0 spiro atoms. The Bertz CT molecular complexity index is 622. The Morgan fingerprint density at radius 3 is 2.90 bits per heavy atom. The third-order valence-electron chi connectivity index (χ3n) is 4.05. The van der Waals surface area contributed by atoms with E-state index in [1.54, 1.807) is 0 Å². The minimum atomic E-state index is 0.758. The van der Waals surface area contributed by atoms with Gasteiger partial charge in [-0.15, -0.1) is 0 Å². The van der Waals surface area contributed by atoms with Gasteiger partial charge in [0.2, 0.25) is 0 Å². The molecule has 0 saturated heterocycles. The van der Waals surface area contributed by atoms with Crippen LogP contribution < -0.4 is 5.32 Å². The first kappa shape index (κ1) is 13.7. The van der Waals surface area contributed by atoms with Crippen molar-refractivity contribution < 1.29 is 0 Å². The molecule has 106 valence electrons. The molecular formula is C17H21ClN2. The molecule has 0 aliphatic heterocycles. The lowest BCUT2D eigenvalue weighted by Gasteiger charge is -2.17. The van der Waals surface area contributed by atoms with Crippen molar-refractivity contribution in [1.29, 1.82) is 0 Å². The van der Waals surface area contributed by atoms with Gasteiger partial charge in [-0.1, -0.05) is 37.1 Å². The van der Waals surface area contributed by atoms with Gasteiger partial charge in [-0.25, -0.2) is 0 Å². The molecule has 3 heteroatoms. The van der Waals surface area contributed by atoms with Gasteiger partial charge in [-0.05, 0) is 43.7 Å². The van der Waals surface area contributed by atoms with Crippen LogP contribution in [0.3, 0.4) is 0 Å².